The maximum absolute atomic E-state index is 4.60. The minimum Gasteiger partial charge on any atom is -0.256 e. The molecule has 0 aliphatic rings. The number of allylic oxidation sites excluding steroid dienone is 3. The lowest BCUT2D eigenvalue weighted by molar-refractivity contribution is 0.875. The zero-order valence-electron chi connectivity index (χ0n) is 12.0. The average molecular weight is 251 g/mol. The van der Waals surface area contributed by atoms with E-state index < -0.39 is 0 Å². The Morgan fingerprint density at radius 1 is 1.37 bits per heavy atom. The van der Waals surface area contributed by atoms with Gasteiger partial charge in [0.1, 0.15) is 0 Å². The highest BCUT2D eigenvalue weighted by molar-refractivity contribution is 5.88. The summed E-state index contributed by atoms with van der Waals surface area (Å²) in [6.45, 7) is 10.4. The Kier molecular flexibility index (Phi) is 4.16. The van der Waals surface area contributed by atoms with E-state index in [1.54, 1.807) is 0 Å². The summed E-state index contributed by atoms with van der Waals surface area (Å²) < 4.78 is 0. The van der Waals surface area contributed by atoms with Gasteiger partial charge < -0.3 is 0 Å². The second kappa shape index (κ2) is 5.83. The second-order valence-electron chi connectivity index (χ2n) is 5.06. The van der Waals surface area contributed by atoms with E-state index in [2.05, 4.69) is 62.7 Å². The Balaban J connectivity index is 2.59. The Hall–Kier alpha value is -1.89. The standard InChI is InChI=1S/C18H21N/c1-5-8-14(6-2)18-11-15-9-7-10-16(13(3)4)17(15)12-19-18/h6-13H,2,5H2,1,3-4H3/b14-8+. The van der Waals surface area contributed by atoms with Crippen LogP contribution in [0, 0.1) is 0 Å². The van der Waals surface area contributed by atoms with Crippen molar-refractivity contribution >= 4 is 16.3 Å². The predicted octanol–water partition coefficient (Wildman–Crippen LogP) is 5.34. The van der Waals surface area contributed by atoms with Gasteiger partial charge in [-0.2, -0.15) is 0 Å². The van der Waals surface area contributed by atoms with E-state index in [-0.39, 0.29) is 0 Å². The molecule has 1 heteroatoms. The third-order valence-electron chi connectivity index (χ3n) is 3.36. The third kappa shape index (κ3) is 2.76. The molecule has 0 saturated heterocycles. The molecule has 0 aliphatic carbocycles. The molecule has 0 N–H and O–H groups in total. The van der Waals surface area contributed by atoms with Gasteiger partial charge >= 0.3 is 0 Å². The number of pyridine rings is 1. The number of hydrogen-bond acceptors (Lipinski definition) is 1. The van der Waals surface area contributed by atoms with Crippen molar-refractivity contribution in [2.24, 2.45) is 0 Å². The van der Waals surface area contributed by atoms with Crippen LogP contribution in [0.4, 0.5) is 0 Å². The van der Waals surface area contributed by atoms with Crippen LogP contribution in [0.1, 0.15) is 44.4 Å². The van der Waals surface area contributed by atoms with Crippen molar-refractivity contribution in [3.8, 4) is 0 Å². The lowest BCUT2D eigenvalue weighted by atomic mass is 9.96. The molecule has 98 valence electrons. The van der Waals surface area contributed by atoms with Gasteiger partial charge in [-0.15, -0.1) is 0 Å². The molecule has 2 aromatic rings. The van der Waals surface area contributed by atoms with Crippen LogP contribution in [0.3, 0.4) is 0 Å². The van der Waals surface area contributed by atoms with Crippen molar-refractivity contribution in [2.45, 2.75) is 33.1 Å². The first-order chi connectivity index (χ1) is 9.17. The fraction of sp³-hybridized carbons (Fsp3) is 0.278. The fourth-order valence-electron chi connectivity index (χ4n) is 2.37. The molecule has 0 saturated carbocycles. The summed E-state index contributed by atoms with van der Waals surface area (Å²) in [6.07, 6.45) is 7.03. The van der Waals surface area contributed by atoms with Crippen molar-refractivity contribution in [1.29, 1.82) is 0 Å². The zero-order valence-corrected chi connectivity index (χ0v) is 12.0. The molecular weight excluding hydrogens is 230 g/mol. The van der Waals surface area contributed by atoms with E-state index in [0.29, 0.717) is 5.92 Å². The molecule has 1 aromatic carbocycles. The summed E-state index contributed by atoms with van der Waals surface area (Å²) in [6, 6.07) is 8.62. The Labute approximate surface area is 115 Å². The number of benzene rings is 1. The van der Waals surface area contributed by atoms with E-state index in [4.69, 9.17) is 0 Å². The summed E-state index contributed by atoms with van der Waals surface area (Å²) >= 11 is 0. The third-order valence-corrected chi connectivity index (χ3v) is 3.36. The topological polar surface area (TPSA) is 12.9 Å². The monoisotopic (exact) mass is 251 g/mol. The summed E-state index contributed by atoms with van der Waals surface area (Å²) in [5, 5.41) is 2.50. The molecule has 0 fully saturated rings. The van der Waals surface area contributed by atoms with Gasteiger partial charge in [-0.05, 0) is 34.9 Å². The molecule has 1 nitrogen and oxygen atoms in total. The van der Waals surface area contributed by atoms with Gasteiger partial charge in [-0.1, -0.05) is 57.7 Å². The Morgan fingerprint density at radius 3 is 2.79 bits per heavy atom. The minimum absolute atomic E-state index is 0.515. The van der Waals surface area contributed by atoms with Crippen LogP contribution in [0.15, 0.2) is 49.2 Å². The van der Waals surface area contributed by atoms with Gasteiger partial charge in [-0.25, -0.2) is 0 Å². The molecule has 2 rings (SSSR count). The van der Waals surface area contributed by atoms with Gasteiger partial charge in [0.25, 0.3) is 0 Å². The van der Waals surface area contributed by atoms with Crippen molar-refractivity contribution in [1.82, 2.24) is 4.98 Å². The van der Waals surface area contributed by atoms with E-state index in [1.165, 1.54) is 16.3 Å². The van der Waals surface area contributed by atoms with Gasteiger partial charge in [0.05, 0.1) is 5.69 Å². The smallest absolute Gasteiger partial charge is 0.0704 e. The normalized spacial score (nSPS) is 12.1. The van der Waals surface area contributed by atoms with Gasteiger partial charge in [0, 0.05) is 11.6 Å². The maximum atomic E-state index is 4.60. The molecule has 19 heavy (non-hydrogen) atoms. The summed E-state index contributed by atoms with van der Waals surface area (Å²) in [5.74, 6) is 0.515. The zero-order chi connectivity index (χ0) is 13.8. The molecule has 0 amide bonds. The molecule has 0 spiro atoms. The molecule has 0 aliphatic heterocycles. The van der Waals surface area contributed by atoms with Crippen LogP contribution in [0.5, 0.6) is 0 Å². The van der Waals surface area contributed by atoms with Crippen LogP contribution >= 0.6 is 0 Å². The Morgan fingerprint density at radius 2 is 2.16 bits per heavy atom. The molecule has 1 aromatic heterocycles. The minimum atomic E-state index is 0.515. The number of hydrogen-bond donors (Lipinski definition) is 0. The highest BCUT2D eigenvalue weighted by atomic mass is 14.7. The number of fused-ring (bicyclic) bond motifs is 1. The van der Waals surface area contributed by atoms with Crippen molar-refractivity contribution in [3.05, 3.63) is 60.5 Å². The summed E-state index contributed by atoms with van der Waals surface area (Å²) in [4.78, 5) is 4.60. The molecule has 0 unspecified atom stereocenters. The van der Waals surface area contributed by atoms with Crippen LogP contribution in [-0.2, 0) is 0 Å². The first-order valence-electron chi connectivity index (χ1n) is 6.89. The van der Waals surface area contributed by atoms with Gasteiger partial charge in [-0.3, -0.25) is 4.98 Å². The summed E-state index contributed by atoms with van der Waals surface area (Å²) in [7, 11) is 0. The van der Waals surface area contributed by atoms with E-state index in [1.807, 2.05) is 12.3 Å². The molecule has 0 atom stereocenters. The maximum Gasteiger partial charge on any atom is 0.0704 e. The molecule has 0 bridgehead atoms. The molecule has 0 radical (unpaired) electrons. The van der Waals surface area contributed by atoms with Gasteiger partial charge in [0.2, 0.25) is 0 Å². The summed E-state index contributed by atoms with van der Waals surface area (Å²) in [5.41, 5.74) is 3.47. The van der Waals surface area contributed by atoms with E-state index >= 15 is 0 Å². The largest absolute Gasteiger partial charge is 0.256 e. The van der Waals surface area contributed by atoms with Crippen molar-refractivity contribution in [3.63, 3.8) is 0 Å². The van der Waals surface area contributed by atoms with Crippen LogP contribution in [0.25, 0.3) is 16.3 Å². The first-order valence-corrected chi connectivity index (χ1v) is 6.89. The van der Waals surface area contributed by atoms with Gasteiger partial charge in [0.15, 0.2) is 0 Å². The van der Waals surface area contributed by atoms with Crippen LogP contribution < -0.4 is 0 Å². The SMILES string of the molecule is C=C/C(=C\CC)c1cc2cccc(C(C)C)c2cn1. The predicted molar refractivity (Wildman–Crippen MR) is 84.3 cm³/mol. The Bertz CT molecular complexity index is 621. The second-order valence-corrected chi connectivity index (χ2v) is 5.06. The first kappa shape index (κ1) is 13.5. The van der Waals surface area contributed by atoms with Crippen LogP contribution in [-0.4, -0.2) is 4.98 Å². The lowest BCUT2D eigenvalue weighted by Gasteiger charge is -2.11. The number of rotatable bonds is 4. The molecule has 1 heterocycles. The quantitative estimate of drug-likeness (QED) is 0.668. The average Bonchev–Trinajstić information content (AvgIpc) is 2.43. The fourth-order valence-corrected chi connectivity index (χ4v) is 2.37. The van der Waals surface area contributed by atoms with E-state index in [0.717, 1.165) is 17.7 Å². The number of nitrogens with zero attached hydrogens (tertiary/aromatic N) is 1. The molecular formula is C18H21N. The highest BCUT2D eigenvalue weighted by Gasteiger charge is 2.07. The van der Waals surface area contributed by atoms with Crippen LogP contribution in [0.2, 0.25) is 0 Å². The van der Waals surface area contributed by atoms with Crippen molar-refractivity contribution in [2.75, 3.05) is 0 Å². The van der Waals surface area contributed by atoms with Crippen molar-refractivity contribution < 1.29 is 0 Å². The highest BCUT2D eigenvalue weighted by Crippen LogP contribution is 2.26. The lowest BCUT2D eigenvalue weighted by Crippen LogP contribution is -1.93. The van der Waals surface area contributed by atoms with E-state index in [9.17, 15) is 0 Å². The number of aromatic nitrogens is 1.